The lowest BCUT2D eigenvalue weighted by molar-refractivity contribution is -0.136. The van der Waals surface area contributed by atoms with Gasteiger partial charge in [-0.3, -0.25) is 9.59 Å². The number of amides is 2. The van der Waals surface area contributed by atoms with Crippen molar-refractivity contribution in [2.24, 2.45) is 5.10 Å². The SMILES string of the molecule is Cc1ccc(NC(=O)C(=O)N/N=C/c2c(O)ccc3ccccc23)cc1Cl. The molecule has 3 aromatic carbocycles. The summed E-state index contributed by atoms with van der Waals surface area (Å²) < 4.78 is 0. The molecule has 0 radical (unpaired) electrons. The summed E-state index contributed by atoms with van der Waals surface area (Å²) in [6.45, 7) is 1.83. The fourth-order valence-electron chi connectivity index (χ4n) is 2.48. The van der Waals surface area contributed by atoms with E-state index in [9.17, 15) is 14.7 Å². The van der Waals surface area contributed by atoms with Crippen LogP contribution in [-0.4, -0.2) is 23.1 Å². The maximum Gasteiger partial charge on any atom is 0.329 e. The smallest absolute Gasteiger partial charge is 0.329 e. The first kappa shape index (κ1) is 18.4. The first-order chi connectivity index (χ1) is 13.0. The maximum absolute atomic E-state index is 11.9. The molecule has 2 amide bonds. The average molecular weight is 382 g/mol. The Kier molecular flexibility index (Phi) is 5.38. The van der Waals surface area contributed by atoms with E-state index in [1.54, 1.807) is 30.3 Å². The first-order valence-corrected chi connectivity index (χ1v) is 8.45. The molecule has 0 unspecified atom stereocenters. The van der Waals surface area contributed by atoms with Crippen LogP contribution >= 0.6 is 11.6 Å². The number of carbonyl (C=O) groups is 2. The second-order valence-electron chi connectivity index (χ2n) is 5.84. The summed E-state index contributed by atoms with van der Waals surface area (Å²) in [7, 11) is 0. The normalized spacial score (nSPS) is 10.9. The number of nitrogens with one attached hydrogen (secondary N) is 2. The number of phenolic OH excluding ortho intramolecular Hbond substituents is 1. The highest BCUT2D eigenvalue weighted by molar-refractivity contribution is 6.40. The Morgan fingerprint density at radius 3 is 2.63 bits per heavy atom. The second kappa shape index (κ2) is 7.88. The van der Waals surface area contributed by atoms with Crippen LogP contribution in [0.4, 0.5) is 5.69 Å². The lowest BCUT2D eigenvalue weighted by Crippen LogP contribution is -2.32. The van der Waals surface area contributed by atoms with Crippen LogP contribution in [-0.2, 0) is 9.59 Å². The van der Waals surface area contributed by atoms with Gasteiger partial charge in [0.15, 0.2) is 0 Å². The number of hydrogen-bond donors (Lipinski definition) is 3. The minimum absolute atomic E-state index is 0.0189. The number of phenols is 1. The minimum Gasteiger partial charge on any atom is -0.507 e. The van der Waals surface area contributed by atoms with Crippen LogP contribution in [0.2, 0.25) is 5.02 Å². The third-order valence-electron chi connectivity index (χ3n) is 3.94. The van der Waals surface area contributed by atoms with Crippen molar-refractivity contribution in [2.45, 2.75) is 6.92 Å². The molecule has 136 valence electrons. The summed E-state index contributed by atoms with van der Waals surface area (Å²) in [5.41, 5.74) is 3.85. The monoisotopic (exact) mass is 381 g/mol. The molecule has 0 bridgehead atoms. The minimum atomic E-state index is -0.942. The summed E-state index contributed by atoms with van der Waals surface area (Å²) in [6.07, 6.45) is 1.30. The Balaban J connectivity index is 1.69. The van der Waals surface area contributed by atoms with E-state index >= 15 is 0 Å². The van der Waals surface area contributed by atoms with E-state index in [0.29, 0.717) is 16.3 Å². The number of fused-ring (bicyclic) bond motifs is 1. The third kappa shape index (κ3) is 4.24. The molecular formula is C20H16ClN3O3. The predicted molar refractivity (Wildman–Crippen MR) is 106 cm³/mol. The predicted octanol–water partition coefficient (Wildman–Crippen LogP) is 3.60. The number of carbonyl (C=O) groups excluding carboxylic acids is 2. The molecule has 27 heavy (non-hydrogen) atoms. The van der Waals surface area contributed by atoms with Crippen molar-refractivity contribution >= 4 is 46.1 Å². The number of nitrogens with zero attached hydrogens (tertiary/aromatic N) is 1. The number of rotatable bonds is 3. The van der Waals surface area contributed by atoms with Gasteiger partial charge in [-0.05, 0) is 41.5 Å². The van der Waals surface area contributed by atoms with Gasteiger partial charge >= 0.3 is 11.8 Å². The maximum atomic E-state index is 11.9. The van der Waals surface area contributed by atoms with E-state index in [1.165, 1.54) is 6.21 Å². The van der Waals surface area contributed by atoms with Crippen molar-refractivity contribution in [3.8, 4) is 5.75 Å². The lowest BCUT2D eigenvalue weighted by atomic mass is 10.0. The molecule has 0 atom stereocenters. The molecule has 0 saturated carbocycles. The van der Waals surface area contributed by atoms with E-state index in [1.807, 2.05) is 31.2 Å². The van der Waals surface area contributed by atoms with E-state index < -0.39 is 11.8 Å². The van der Waals surface area contributed by atoms with Crippen molar-refractivity contribution in [3.63, 3.8) is 0 Å². The van der Waals surface area contributed by atoms with Crippen LogP contribution in [0.15, 0.2) is 59.7 Å². The quantitative estimate of drug-likeness (QED) is 0.368. The van der Waals surface area contributed by atoms with E-state index in [4.69, 9.17) is 11.6 Å². The topological polar surface area (TPSA) is 90.8 Å². The second-order valence-corrected chi connectivity index (χ2v) is 6.24. The summed E-state index contributed by atoms with van der Waals surface area (Å²) in [5, 5.41) is 18.4. The van der Waals surface area contributed by atoms with Crippen LogP contribution in [0.1, 0.15) is 11.1 Å². The van der Waals surface area contributed by atoms with Gasteiger partial charge in [0, 0.05) is 16.3 Å². The van der Waals surface area contributed by atoms with Crippen molar-refractivity contribution in [3.05, 3.63) is 70.7 Å². The molecule has 3 N–H and O–H groups in total. The number of aromatic hydroxyl groups is 1. The summed E-state index contributed by atoms with van der Waals surface area (Å²) in [5.74, 6) is -1.80. The fraction of sp³-hybridized carbons (Fsp3) is 0.0500. The van der Waals surface area contributed by atoms with E-state index in [0.717, 1.165) is 16.3 Å². The van der Waals surface area contributed by atoms with Crippen molar-refractivity contribution in [1.82, 2.24) is 5.43 Å². The van der Waals surface area contributed by atoms with Crippen LogP contribution in [0.3, 0.4) is 0 Å². The summed E-state index contributed by atoms with van der Waals surface area (Å²) >= 11 is 5.99. The first-order valence-electron chi connectivity index (χ1n) is 8.07. The number of hydrogen-bond acceptors (Lipinski definition) is 4. The Hall–Kier alpha value is -3.38. The van der Waals surface area contributed by atoms with Gasteiger partial charge in [0.1, 0.15) is 5.75 Å². The lowest BCUT2D eigenvalue weighted by Gasteiger charge is -2.06. The van der Waals surface area contributed by atoms with Gasteiger partial charge in [-0.25, -0.2) is 5.43 Å². The zero-order valence-corrected chi connectivity index (χ0v) is 15.1. The molecule has 0 heterocycles. The van der Waals surface area contributed by atoms with Gasteiger partial charge in [-0.2, -0.15) is 5.10 Å². The molecular weight excluding hydrogens is 366 g/mol. The summed E-state index contributed by atoms with van der Waals surface area (Å²) in [6, 6.07) is 15.7. The van der Waals surface area contributed by atoms with E-state index in [-0.39, 0.29) is 5.75 Å². The van der Waals surface area contributed by atoms with Crippen molar-refractivity contribution < 1.29 is 14.7 Å². The van der Waals surface area contributed by atoms with Crippen molar-refractivity contribution in [2.75, 3.05) is 5.32 Å². The highest BCUT2D eigenvalue weighted by atomic mass is 35.5. The molecule has 0 aliphatic carbocycles. The molecule has 7 heteroatoms. The molecule has 6 nitrogen and oxygen atoms in total. The largest absolute Gasteiger partial charge is 0.507 e. The fourth-order valence-corrected chi connectivity index (χ4v) is 2.67. The number of hydrazone groups is 1. The molecule has 0 aromatic heterocycles. The van der Waals surface area contributed by atoms with Gasteiger partial charge in [-0.1, -0.05) is 48.0 Å². The molecule has 0 aliphatic rings. The van der Waals surface area contributed by atoms with Crippen LogP contribution in [0.25, 0.3) is 10.8 Å². The molecule has 0 saturated heterocycles. The molecule has 0 aliphatic heterocycles. The van der Waals surface area contributed by atoms with Gasteiger partial charge in [0.05, 0.1) is 6.21 Å². The molecule has 3 aromatic rings. The Labute approximate surface area is 160 Å². The van der Waals surface area contributed by atoms with Gasteiger partial charge in [0.25, 0.3) is 0 Å². The van der Waals surface area contributed by atoms with Crippen molar-refractivity contribution in [1.29, 1.82) is 0 Å². The van der Waals surface area contributed by atoms with E-state index in [2.05, 4.69) is 15.8 Å². The van der Waals surface area contributed by atoms with Crippen LogP contribution in [0.5, 0.6) is 5.75 Å². The molecule has 3 rings (SSSR count). The number of halogens is 1. The molecule has 0 spiro atoms. The highest BCUT2D eigenvalue weighted by Crippen LogP contribution is 2.25. The number of aryl methyl sites for hydroxylation is 1. The average Bonchev–Trinajstić information content (AvgIpc) is 2.66. The Bertz CT molecular complexity index is 1060. The Morgan fingerprint density at radius 1 is 1.07 bits per heavy atom. The molecule has 0 fully saturated rings. The Morgan fingerprint density at radius 2 is 1.85 bits per heavy atom. The zero-order chi connectivity index (χ0) is 19.4. The van der Waals surface area contributed by atoms with Crippen LogP contribution in [0, 0.1) is 6.92 Å². The van der Waals surface area contributed by atoms with Gasteiger partial charge < -0.3 is 10.4 Å². The van der Waals surface area contributed by atoms with Crippen LogP contribution < -0.4 is 10.7 Å². The number of benzene rings is 3. The summed E-state index contributed by atoms with van der Waals surface area (Å²) in [4.78, 5) is 23.8. The highest BCUT2D eigenvalue weighted by Gasteiger charge is 2.13. The van der Waals surface area contributed by atoms with Gasteiger partial charge in [-0.15, -0.1) is 0 Å². The third-order valence-corrected chi connectivity index (χ3v) is 4.35. The standard InChI is InChI=1S/C20H16ClN3O3/c1-12-6-8-14(10-17(12)21)23-19(26)20(27)24-22-11-16-15-5-3-2-4-13(15)7-9-18(16)25/h2-11,25H,1H3,(H,23,26)(H,24,27)/b22-11+. The van der Waals surface area contributed by atoms with Gasteiger partial charge in [0.2, 0.25) is 0 Å². The number of anilines is 1. The zero-order valence-electron chi connectivity index (χ0n) is 14.4.